The average Bonchev–Trinajstić information content (AvgIpc) is 2.45. The fraction of sp³-hybridized carbons (Fsp3) is 0.917. The van der Waals surface area contributed by atoms with Crippen molar-refractivity contribution < 1.29 is 14.3 Å². The molecule has 3 fully saturated rings. The van der Waals surface area contributed by atoms with E-state index in [0.29, 0.717) is 32.2 Å². The van der Waals surface area contributed by atoms with E-state index < -0.39 is 0 Å². The van der Waals surface area contributed by atoms with Gasteiger partial charge in [0.2, 0.25) is 0 Å². The highest BCUT2D eigenvalue weighted by Crippen LogP contribution is 2.37. The molecule has 4 unspecified atom stereocenters. The topological polar surface area (TPSA) is 76.8 Å². The molecule has 2 saturated heterocycles. The van der Waals surface area contributed by atoms with Gasteiger partial charge < -0.3 is 25.4 Å². The van der Waals surface area contributed by atoms with Crippen LogP contribution in [0.5, 0.6) is 0 Å². The average molecular weight is 255 g/mol. The number of carbonyl (C=O) groups excluding carboxylic acids is 1. The lowest BCUT2D eigenvalue weighted by Gasteiger charge is -2.52. The lowest BCUT2D eigenvalue weighted by molar-refractivity contribution is -0.117. The molecular formula is C12H21N3O3. The number of urea groups is 1. The second-order valence-electron chi connectivity index (χ2n) is 5.29. The first-order chi connectivity index (χ1) is 8.77. The third kappa shape index (κ3) is 2.08. The monoisotopic (exact) mass is 255 g/mol. The van der Waals surface area contributed by atoms with E-state index in [2.05, 4.69) is 5.32 Å². The van der Waals surface area contributed by atoms with Crippen molar-refractivity contribution in [3.05, 3.63) is 0 Å². The predicted octanol–water partition coefficient (Wildman–Crippen LogP) is -0.467. The van der Waals surface area contributed by atoms with Gasteiger partial charge in [-0.15, -0.1) is 0 Å². The second kappa shape index (κ2) is 5.03. The maximum Gasteiger partial charge on any atom is 0.317 e. The number of nitrogens with one attached hydrogen (secondary N) is 1. The number of ether oxygens (including phenoxy) is 2. The molecule has 0 aromatic heterocycles. The fourth-order valence-corrected chi connectivity index (χ4v) is 3.13. The molecule has 18 heavy (non-hydrogen) atoms. The van der Waals surface area contributed by atoms with Crippen LogP contribution in [0.2, 0.25) is 0 Å². The Morgan fingerprint density at radius 2 is 2.06 bits per heavy atom. The molecule has 1 saturated carbocycles. The Morgan fingerprint density at radius 3 is 2.83 bits per heavy atom. The van der Waals surface area contributed by atoms with E-state index in [1.165, 1.54) is 0 Å². The summed E-state index contributed by atoms with van der Waals surface area (Å²) in [5, 5.41) is 3.02. The van der Waals surface area contributed by atoms with Crippen molar-refractivity contribution in [2.45, 2.75) is 31.0 Å². The number of nitrogens with zero attached hydrogens (tertiary/aromatic N) is 1. The summed E-state index contributed by atoms with van der Waals surface area (Å²) in [4.78, 5) is 13.9. The van der Waals surface area contributed by atoms with Crippen LogP contribution in [-0.2, 0) is 9.47 Å². The van der Waals surface area contributed by atoms with Crippen LogP contribution < -0.4 is 11.1 Å². The number of amides is 2. The van der Waals surface area contributed by atoms with Crippen molar-refractivity contribution in [2.75, 3.05) is 32.9 Å². The van der Waals surface area contributed by atoms with Crippen LogP contribution in [-0.4, -0.2) is 62.0 Å². The van der Waals surface area contributed by atoms with E-state index >= 15 is 0 Å². The number of hydrogen-bond acceptors (Lipinski definition) is 4. The zero-order valence-electron chi connectivity index (χ0n) is 10.5. The largest absolute Gasteiger partial charge is 0.378 e. The highest BCUT2D eigenvalue weighted by atomic mass is 16.5. The molecule has 0 aromatic rings. The van der Waals surface area contributed by atoms with Crippen molar-refractivity contribution in [3.8, 4) is 0 Å². The number of fused-ring (bicyclic) bond motifs is 1. The molecule has 2 aliphatic heterocycles. The van der Waals surface area contributed by atoms with Crippen molar-refractivity contribution >= 4 is 6.03 Å². The van der Waals surface area contributed by atoms with Gasteiger partial charge >= 0.3 is 6.03 Å². The van der Waals surface area contributed by atoms with E-state index in [-0.39, 0.29) is 24.2 Å². The van der Waals surface area contributed by atoms with E-state index in [1.807, 2.05) is 0 Å². The summed E-state index contributed by atoms with van der Waals surface area (Å²) in [6.07, 6.45) is 2.33. The number of nitrogens with two attached hydrogens (primary N) is 1. The second-order valence-corrected chi connectivity index (χ2v) is 5.29. The van der Waals surface area contributed by atoms with Crippen LogP contribution >= 0.6 is 0 Å². The van der Waals surface area contributed by atoms with Crippen molar-refractivity contribution in [2.24, 2.45) is 11.7 Å². The third-order valence-electron chi connectivity index (χ3n) is 4.27. The minimum Gasteiger partial charge on any atom is -0.378 e. The Hall–Kier alpha value is -0.850. The van der Waals surface area contributed by atoms with Crippen molar-refractivity contribution in [1.29, 1.82) is 0 Å². The van der Waals surface area contributed by atoms with Gasteiger partial charge in [-0.3, -0.25) is 0 Å². The minimum atomic E-state index is -0.0358. The summed E-state index contributed by atoms with van der Waals surface area (Å²) in [7, 11) is 0. The molecule has 0 spiro atoms. The van der Waals surface area contributed by atoms with Crippen LogP contribution in [0, 0.1) is 5.92 Å². The summed E-state index contributed by atoms with van der Waals surface area (Å²) in [6, 6.07) is -0.0164. The van der Waals surface area contributed by atoms with Gasteiger partial charge in [-0.2, -0.15) is 0 Å². The molecule has 3 aliphatic rings. The third-order valence-corrected chi connectivity index (χ3v) is 4.27. The Kier molecular flexibility index (Phi) is 3.41. The molecule has 0 aromatic carbocycles. The number of rotatable bonds is 1. The lowest BCUT2D eigenvalue weighted by atomic mass is 9.69. The quantitative estimate of drug-likeness (QED) is 0.664. The Labute approximate surface area is 107 Å². The molecule has 6 nitrogen and oxygen atoms in total. The molecule has 0 bridgehead atoms. The first kappa shape index (κ1) is 12.2. The zero-order chi connectivity index (χ0) is 12.5. The number of carbonyl (C=O) groups is 1. The van der Waals surface area contributed by atoms with Crippen LogP contribution in [0.1, 0.15) is 12.8 Å². The van der Waals surface area contributed by atoms with Gasteiger partial charge in [-0.1, -0.05) is 0 Å². The van der Waals surface area contributed by atoms with Gasteiger partial charge in [0.25, 0.3) is 0 Å². The fourth-order valence-electron chi connectivity index (χ4n) is 3.13. The summed E-state index contributed by atoms with van der Waals surface area (Å²) in [5.41, 5.74) is 6.12. The summed E-state index contributed by atoms with van der Waals surface area (Å²) < 4.78 is 10.9. The first-order valence-corrected chi connectivity index (χ1v) is 6.78. The van der Waals surface area contributed by atoms with Gasteiger partial charge in [0.05, 0.1) is 25.4 Å². The highest BCUT2D eigenvalue weighted by Gasteiger charge is 2.51. The number of morpholine rings is 1. The Balaban J connectivity index is 1.54. The van der Waals surface area contributed by atoms with Crippen molar-refractivity contribution in [3.63, 3.8) is 0 Å². The van der Waals surface area contributed by atoms with Crippen LogP contribution in [0.15, 0.2) is 0 Å². The van der Waals surface area contributed by atoms with E-state index in [1.54, 1.807) is 4.90 Å². The molecule has 3 N–H and O–H groups in total. The molecule has 2 heterocycles. The number of hydrogen-bond donors (Lipinski definition) is 2. The Bertz CT molecular complexity index is 320. The maximum absolute atomic E-state index is 12.1. The molecule has 3 rings (SSSR count). The normalized spacial score (nSPS) is 39.7. The minimum absolute atomic E-state index is 0.0226. The van der Waals surface area contributed by atoms with E-state index in [4.69, 9.17) is 15.2 Å². The summed E-state index contributed by atoms with van der Waals surface area (Å²) in [5.74, 6) is 0.425. The predicted molar refractivity (Wildman–Crippen MR) is 65.2 cm³/mol. The maximum atomic E-state index is 12.1. The smallest absolute Gasteiger partial charge is 0.317 e. The Morgan fingerprint density at radius 1 is 1.28 bits per heavy atom. The zero-order valence-corrected chi connectivity index (χ0v) is 10.5. The van der Waals surface area contributed by atoms with Crippen LogP contribution in [0.4, 0.5) is 4.79 Å². The van der Waals surface area contributed by atoms with Gasteiger partial charge in [-0.05, 0) is 12.8 Å². The molecule has 6 heteroatoms. The van der Waals surface area contributed by atoms with Crippen LogP contribution in [0.25, 0.3) is 0 Å². The van der Waals surface area contributed by atoms with E-state index in [9.17, 15) is 4.79 Å². The summed E-state index contributed by atoms with van der Waals surface area (Å²) in [6.45, 7) is 3.34. The van der Waals surface area contributed by atoms with Crippen molar-refractivity contribution in [1.82, 2.24) is 10.2 Å². The van der Waals surface area contributed by atoms with Gasteiger partial charge in [0.15, 0.2) is 0 Å². The SMILES string of the molecule is NC1C2CCCOC2C1NC(=O)N1CCOCC1. The van der Waals surface area contributed by atoms with Gasteiger partial charge in [0.1, 0.15) is 0 Å². The van der Waals surface area contributed by atoms with Gasteiger partial charge in [-0.25, -0.2) is 4.79 Å². The molecule has 4 atom stereocenters. The molecule has 1 aliphatic carbocycles. The standard InChI is InChI=1S/C12H21N3O3/c13-9-8-2-1-5-18-11(8)10(9)14-12(16)15-3-6-17-7-4-15/h8-11H,1-7,13H2,(H,14,16). The lowest BCUT2D eigenvalue weighted by Crippen LogP contribution is -2.73. The van der Waals surface area contributed by atoms with Crippen LogP contribution in [0.3, 0.4) is 0 Å². The molecular weight excluding hydrogens is 234 g/mol. The molecule has 102 valence electrons. The molecule has 0 radical (unpaired) electrons. The van der Waals surface area contributed by atoms with Gasteiger partial charge in [0, 0.05) is 31.7 Å². The van der Waals surface area contributed by atoms with E-state index in [0.717, 1.165) is 19.4 Å². The molecule has 2 amide bonds. The summed E-state index contributed by atoms with van der Waals surface area (Å²) >= 11 is 0. The first-order valence-electron chi connectivity index (χ1n) is 6.78. The highest BCUT2D eigenvalue weighted by molar-refractivity contribution is 5.75.